The topological polar surface area (TPSA) is 468 Å². The highest BCUT2D eigenvalue weighted by Gasteiger charge is 2.38. The van der Waals surface area contributed by atoms with Crippen molar-refractivity contribution in [3.05, 3.63) is 138 Å². The van der Waals surface area contributed by atoms with Crippen molar-refractivity contribution in [2.75, 3.05) is 13.1 Å². The molecular weight excluding hydrogens is 1140 g/mol. The van der Waals surface area contributed by atoms with E-state index in [4.69, 9.17) is 17.2 Å². The van der Waals surface area contributed by atoms with Crippen LogP contribution in [0.3, 0.4) is 0 Å². The van der Waals surface area contributed by atoms with Gasteiger partial charge < -0.3 is 85.4 Å². The molecule has 0 bridgehead atoms. The maximum Gasteiger partial charge on any atom is 0.322 e. The van der Waals surface area contributed by atoms with Crippen LogP contribution in [-0.4, -0.2) is 159 Å². The molecule has 28 nitrogen and oxygen atoms in total. The maximum absolute atomic E-state index is 14.4. The number of aliphatic hydroxyl groups excluding tert-OH is 1. The number of amides is 11. The fourth-order valence-electron chi connectivity index (χ4n) is 9.24. The number of aromatic nitrogens is 1. The van der Waals surface area contributed by atoms with Crippen molar-refractivity contribution in [2.24, 2.45) is 23.1 Å². The quantitative estimate of drug-likeness (QED) is 0.0200. The number of aromatic amines is 1. The summed E-state index contributed by atoms with van der Waals surface area (Å²) in [5.41, 5.74) is 19.5. The number of benzene rings is 4. The summed E-state index contributed by atoms with van der Waals surface area (Å²) in [6.07, 6.45) is -2.44. The molecule has 0 fully saturated rings. The molecule has 0 aliphatic heterocycles. The highest BCUT2D eigenvalue weighted by atomic mass is 16.4. The van der Waals surface area contributed by atoms with Crippen LogP contribution in [0, 0.1) is 5.92 Å². The third-order valence-electron chi connectivity index (χ3n) is 14.1. The molecule has 1 aromatic heterocycles. The number of nitrogens with two attached hydrogens (primary N) is 3. The highest BCUT2D eigenvalue weighted by molar-refractivity contribution is 6.00. The fraction of sp³-hybridized carbons (Fsp3) is 0.367. The molecule has 0 spiro atoms. The van der Waals surface area contributed by atoms with Gasteiger partial charge in [0.05, 0.1) is 25.5 Å². The zero-order chi connectivity index (χ0) is 64.6. The van der Waals surface area contributed by atoms with Gasteiger partial charge in [0.25, 0.3) is 0 Å². The number of aromatic hydroxyl groups is 1. The van der Waals surface area contributed by atoms with Gasteiger partial charge in [-0.05, 0) is 53.3 Å². The van der Waals surface area contributed by atoms with E-state index in [0.29, 0.717) is 33.2 Å². The van der Waals surface area contributed by atoms with Crippen molar-refractivity contribution in [1.82, 2.24) is 52.8 Å². The van der Waals surface area contributed by atoms with E-state index in [0.717, 1.165) is 6.92 Å². The number of carbonyl (C=O) groups excluding carboxylic acids is 11. The first kappa shape index (κ1) is 68.6. The summed E-state index contributed by atoms with van der Waals surface area (Å²) in [5, 5.41) is 53.0. The molecular formula is C60H75N13O15. The van der Waals surface area contributed by atoms with Crippen LogP contribution in [0.4, 0.5) is 0 Å². The Balaban J connectivity index is 1.36. The van der Waals surface area contributed by atoms with Gasteiger partial charge in [-0.2, -0.15) is 0 Å². The molecule has 19 N–H and O–H groups in total. The summed E-state index contributed by atoms with van der Waals surface area (Å²) in [6, 6.07) is 16.7. The zero-order valence-corrected chi connectivity index (χ0v) is 48.6. The normalized spacial score (nSPS) is 14.4. The Labute approximate surface area is 505 Å². The van der Waals surface area contributed by atoms with Gasteiger partial charge in [-0.25, -0.2) is 0 Å². The second-order valence-corrected chi connectivity index (χ2v) is 21.0. The lowest BCUT2D eigenvalue weighted by molar-refractivity contribution is -0.139. The Morgan fingerprint density at radius 2 is 0.898 bits per heavy atom. The van der Waals surface area contributed by atoms with Gasteiger partial charge in [-0.1, -0.05) is 111 Å². The Bertz CT molecular complexity index is 3270. The van der Waals surface area contributed by atoms with Crippen molar-refractivity contribution >= 4 is 81.9 Å². The number of hydrogen-bond donors (Lipinski definition) is 16. The Morgan fingerprint density at radius 1 is 0.489 bits per heavy atom. The molecule has 0 unspecified atom stereocenters. The molecule has 11 amide bonds. The average Bonchev–Trinajstić information content (AvgIpc) is 3.93. The van der Waals surface area contributed by atoms with E-state index >= 15 is 0 Å². The van der Waals surface area contributed by atoms with Crippen LogP contribution in [0.25, 0.3) is 10.9 Å². The number of phenolic OH excluding ortho intramolecular Hbond substituents is 1. The number of carbonyl (C=O) groups is 12. The summed E-state index contributed by atoms with van der Waals surface area (Å²) in [6.45, 7) is 3.16. The van der Waals surface area contributed by atoms with E-state index in [-0.39, 0.29) is 37.9 Å². The first-order valence-corrected chi connectivity index (χ1v) is 28.1. The molecule has 0 radical (unpaired) electrons. The van der Waals surface area contributed by atoms with Gasteiger partial charge in [0.15, 0.2) is 0 Å². The number of rotatable bonds is 34. The number of hydrogen-bond acceptors (Lipinski definition) is 15. The third kappa shape index (κ3) is 21.4. The predicted octanol–water partition coefficient (Wildman–Crippen LogP) is -2.64. The number of aliphatic hydroxyl groups is 1. The number of fused-ring (bicyclic) bond motifs is 1. The number of aliphatic carboxylic acids is 1. The van der Waals surface area contributed by atoms with Crippen LogP contribution in [0.5, 0.6) is 5.75 Å². The SMILES string of the molecule is CC[C@H](C)[C@H](NC(=O)[C@H](Cc1ccccc1)NC(=O)[C@H](Cc1ccccc1)NC(=O)CN)C(=O)N[C@H](C(=O)N[C@@H](CC(N)=O)C(=O)N[C@@H](CC(N)=O)C(=O)N[C@@H](Cc1ccc(O)cc1)C(=O)N[C@@H](Cc1c[nH]c2ccccc12)C(=O)NCC(=O)O)[C@@H](C)O. The van der Waals surface area contributed by atoms with Gasteiger partial charge >= 0.3 is 5.97 Å². The molecule has 4 aromatic carbocycles. The van der Waals surface area contributed by atoms with E-state index in [2.05, 4.69) is 52.8 Å². The third-order valence-corrected chi connectivity index (χ3v) is 14.1. The van der Waals surface area contributed by atoms with E-state index in [1.54, 1.807) is 105 Å². The molecule has 28 heteroatoms. The molecule has 0 saturated heterocycles. The number of primary amides is 2. The largest absolute Gasteiger partial charge is 0.508 e. The number of nitrogens with one attached hydrogen (secondary N) is 10. The van der Waals surface area contributed by atoms with Gasteiger partial charge in [0.2, 0.25) is 65.0 Å². The van der Waals surface area contributed by atoms with Crippen molar-refractivity contribution < 1.29 is 72.9 Å². The lowest BCUT2D eigenvalue weighted by atomic mass is 9.96. The summed E-state index contributed by atoms with van der Waals surface area (Å²) in [5.74, 6) is -13.6. The lowest BCUT2D eigenvalue weighted by Crippen LogP contribution is -2.63. The van der Waals surface area contributed by atoms with Gasteiger partial charge in [0, 0.05) is 42.8 Å². The van der Waals surface area contributed by atoms with Crippen LogP contribution < -0.4 is 65.1 Å². The maximum atomic E-state index is 14.4. The Hall–Kier alpha value is -10.2. The first-order valence-electron chi connectivity index (χ1n) is 28.1. The fourth-order valence-corrected chi connectivity index (χ4v) is 9.24. The van der Waals surface area contributed by atoms with E-state index in [1.807, 2.05) is 0 Å². The van der Waals surface area contributed by atoms with Crippen molar-refractivity contribution in [3.63, 3.8) is 0 Å². The van der Waals surface area contributed by atoms with Crippen LogP contribution in [0.15, 0.2) is 115 Å². The summed E-state index contributed by atoms with van der Waals surface area (Å²) >= 11 is 0. The van der Waals surface area contributed by atoms with Gasteiger partial charge in [-0.3, -0.25) is 57.5 Å². The van der Waals surface area contributed by atoms with E-state index < -0.39 is 157 Å². The smallest absolute Gasteiger partial charge is 0.322 e. The molecule has 0 aliphatic carbocycles. The van der Waals surface area contributed by atoms with Crippen molar-refractivity contribution in [2.45, 2.75) is 120 Å². The number of para-hydroxylation sites is 1. The molecule has 1 heterocycles. The molecule has 0 aliphatic rings. The summed E-state index contributed by atoms with van der Waals surface area (Å²) in [4.78, 5) is 165. The van der Waals surface area contributed by atoms with Crippen LogP contribution >= 0.6 is 0 Å². The lowest BCUT2D eigenvalue weighted by Gasteiger charge is -2.30. The summed E-state index contributed by atoms with van der Waals surface area (Å²) in [7, 11) is 0. The van der Waals surface area contributed by atoms with Crippen LogP contribution in [0.1, 0.15) is 62.3 Å². The Morgan fingerprint density at radius 3 is 1.38 bits per heavy atom. The monoisotopic (exact) mass is 1220 g/mol. The minimum Gasteiger partial charge on any atom is -0.508 e. The second-order valence-electron chi connectivity index (χ2n) is 21.0. The van der Waals surface area contributed by atoms with Gasteiger partial charge in [0.1, 0.15) is 60.6 Å². The second kappa shape index (κ2) is 33.5. The number of H-pyrrole nitrogens is 1. The number of carboxylic acids is 1. The molecule has 88 heavy (non-hydrogen) atoms. The predicted molar refractivity (Wildman–Crippen MR) is 318 cm³/mol. The molecule has 5 aromatic rings. The first-order chi connectivity index (χ1) is 41.8. The van der Waals surface area contributed by atoms with Crippen molar-refractivity contribution in [1.29, 1.82) is 0 Å². The highest BCUT2D eigenvalue weighted by Crippen LogP contribution is 2.20. The van der Waals surface area contributed by atoms with Crippen molar-refractivity contribution in [3.8, 4) is 5.75 Å². The average molecular weight is 1220 g/mol. The van der Waals surface area contributed by atoms with E-state index in [9.17, 15) is 72.9 Å². The molecule has 0 saturated carbocycles. The van der Waals surface area contributed by atoms with Crippen LogP contribution in [-0.2, 0) is 83.2 Å². The molecule has 5 rings (SSSR count). The molecule has 470 valence electrons. The summed E-state index contributed by atoms with van der Waals surface area (Å²) < 4.78 is 0. The molecule has 10 atom stereocenters. The zero-order valence-electron chi connectivity index (χ0n) is 48.6. The number of carboxylic acid groups (broad SMARTS) is 1. The van der Waals surface area contributed by atoms with Crippen LogP contribution in [0.2, 0.25) is 0 Å². The minimum atomic E-state index is -2.00. The van der Waals surface area contributed by atoms with Gasteiger partial charge in [-0.15, -0.1) is 0 Å². The Kier molecular flexibility index (Phi) is 26.1. The standard InChI is InChI=1S/C60H75N13O15/c1-4-32(2)51(72-58(86)43(24-35-15-9-6-10-16-35)68-54(82)41(66-49(78)29-61)23-34-13-7-5-8-14-34)59(87)73-52(33(3)74)60(88)71-46(28-48(63)77)57(85)70-45(27-47(62)76)56(84)67-42(25-36-19-21-38(75)22-20-36)55(83)69-44(53(81)65-31-50(79)80)26-37-30-64-40-18-12-11-17-39(37)40/h5-22,30,32-33,41-46,51-52,64,74-75H,4,23-29,31,61H2,1-3H3,(H2,62,76)(H2,63,77)(H,65,81)(H,66,78)(H,67,84)(H,68,82)(H,69,83)(H,70,85)(H,71,88)(H,72,86)(H,73,87)(H,79,80)/t32-,33+,41-,42-,43-,44-,45-,46-,51-,52-/m0/s1. The number of phenols is 1. The minimum absolute atomic E-state index is 0.0204. The van der Waals surface area contributed by atoms with E-state index in [1.165, 1.54) is 24.3 Å².